The second-order valence-electron chi connectivity index (χ2n) is 10.8. The van der Waals surface area contributed by atoms with Crippen molar-refractivity contribution in [3.63, 3.8) is 0 Å². The van der Waals surface area contributed by atoms with Gasteiger partial charge in [-0.25, -0.2) is 18.7 Å². The lowest BCUT2D eigenvalue weighted by molar-refractivity contribution is -0.117. The molecule has 4 aromatic rings. The number of carbonyl (C=O) groups excluding carboxylic acids is 2. The van der Waals surface area contributed by atoms with Gasteiger partial charge in [-0.05, 0) is 69.0 Å². The van der Waals surface area contributed by atoms with Gasteiger partial charge in [-0.1, -0.05) is 23.2 Å². The molecule has 2 heterocycles. The number of aryl methyl sites for hydroxylation is 1. The molecular formula is C32H30Cl2F2N4O5. The number of nitrogens with one attached hydrogen (secondary N) is 1. The van der Waals surface area contributed by atoms with E-state index >= 15 is 0 Å². The van der Waals surface area contributed by atoms with Crippen molar-refractivity contribution in [2.24, 2.45) is 11.7 Å². The van der Waals surface area contributed by atoms with Gasteiger partial charge in [-0.2, -0.15) is 0 Å². The summed E-state index contributed by atoms with van der Waals surface area (Å²) in [5, 5.41) is 15.4. The summed E-state index contributed by atoms with van der Waals surface area (Å²) in [5.74, 6) is -3.52. The smallest absolute Gasteiger partial charge is 0.251 e. The summed E-state index contributed by atoms with van der Waals surface area (Å²) in [6, 6.07) is 8.45. The minimum Gasteiger partial charge on any atom is -0.494 e. The Morgan fingerprint density at radius 3 is 2.53 bits per heavy atom. The molecular weight excluding hydrogens is 629 g/mol. The summed E-state index contributed by atoms with van der Waals surface area (Å²) < 4.78 is 39.8. The number of aliphatic hydroxyl groups is 1. The van der Waals surface area contributed by atoms with Gasteiger partial charge in [0.15, 0.2) is 11.6 Å². The highest BCUT2D eigenvalue weighted by Gasteiger charge is 2.47. The van der Waals surface area contributed by atoms with Gasteiger partial charge in [0.25, 0.3) is 5.91 Å². The van der Waals surface area contributed by atoms with Crippen molar-refractivity contribution < 1.29 is 33.0 Å². The molecule has 236 valence electrons. The van der Waals surface area contributed by atoms with Crippen LogP contribution in [0.3, 0.4) is 0 Å². The zero-order valence-corrected chi connectivity index (χ0v) is 26.2. The summed E-state index contributed by atoms with van der Waals surface area (Å²) in [6.07, 6.45) is 0.946. The first-order valence-electron chi connectivity index (χ1n) is 14.1. The van der Waals surface area contributed by atoms with E-state index in [0.717, 1.165) is 6.07 Å². The lowest BCUT2D eigenvalue weighted by atomic mass is 9.90. The predicted molar refractivity (Wildman–Crippen MR) is 166 cm³/mol. The van der Waals surface area contributed by atoms with E-state index in [1.165, 1.54) is 25.3 Å². The van der Waals surface area contributed by atoms with E-state index < -0.39 is 34.1 Å². The first-order chi connectivity index (χ1) is 21.4. The van der Waals surface area contributed by atoms with Gasteiger partial charge >= 0.3 is 0 Å². The lowest BCUT2D eigenvalue weighted by Gasteiger charge is -2.30. The number of halogens is 4. The molecule has 1 fully saturated rings. The third kappa shape index (κ3) is 6.38. The van der Waals surface area contributed by atoms with Crippen LogP contribution < -0.4 is 20.5 Å². The molecule has 0 aliphatic heterocycles. The highest BCUT2D eigenvalue weighted by atomic mass is 35.5. The van der Waals surface area contributed by atoms with Crippen LogP contribution in [0.4, 0.5) is 8.78 Å². The van der Waals surface area contributed by atoms with Crippen LogP contribution in [0.25, 0.3) is 22.2 Å². The summed E-state index contributed by atoms with van der Waals surface area (Å²) in [7, 11) is 1.46. The molecule has 0 saturated heterocycles. The average molecular weight is 660 g/mol. The molecule has 1 aliphatic rings. The fraction of sp³-hybridized carbons (Fsp3) is 0.312. The number of methoxy groups -OCH3 is 1. The van der Waals surface area contributed by atoms with Crippen molar-refractivity contribution in [3.8, 4) is 22.8 Å². The number of aromatic nitrogens is 2. The van der Waals surface area contributed by atoms with Crippen LogP contribution in [0, 0.1) is 24.5 Å². The number of primary amides is 1. The Balaban J connectivity index is 1.57. The van der Waals surface area contributed by atoms with Crippen molar-refractivity contribution in [3.05, 3.63) is 80.6 Å². The SMILES string of the molecule is CCOc1c(CC(N)=O)cc([C@@](O)(CNC(=O)c2cc(OC)c3nc(C)c(Cl)cc3c2)C2CC2)nc1-c1ccc(F)c(F)c1Cl. The first kappa shape index (κ1) is 32.3. The normalized spacial score (nSPS) is 14.2. The van der Waals surface area contributed by atoms with Gasteiger partial charge in [-0.3, -0.25) is 9.59 Å². The van der Waals surface area contributed by atoms with Gasteiger partial charge < -0.3 is 25.6 Å². The molecule has 2 aromatic carbocycles. The molecule has 0 radical (unpaired) electrons. The molecule has 1 atom stereocenters. The lowest BCUT2D eigenvalue weighted by Crippen LogP contribution is -2.43. The maximum Gasteiger partial charge on any atom is 0.251 e. The molecule has 2 aromatic heterocycles. The van der Waals surface area contributed by atoms with E-state index in [1.54, 1.807) is 26.0 Å². The number of nitrogens with two attached hydrogens (primary N) is 1. The Morgan fingerprint density at radius 2 is 1.89 bits per heavy atom. The number of carbonyl (C=O) groups is 2. The molecule has 1 saturated carbocycles. The fourth-order valence-corrected chi connectivity index (χ4v) is 5.66. The number of hydrogen-bond acceptors (Lipinski definition) is 7. The largest absolute Gasteiger partial charge is 0.494 e. The Kier molecular flexibility index (Phi) is 9.16. The highest BCUT2D eigenvalue weighted by Crippen LogP contribution is 2.47. The highest BCUT2D eigenvalue weighted by molar-refractivity contribution is 6.33. The number of nitrogens with zero attached hydrogens (tertiary/aromatic N) is 2. The summed E-state index contributed by atoms with van der Waals surface area (Å²) >= 11 is 12.5. The van der Waals surface area contributed by atoms with Crippen LogP contribution in [0.1, 0.15) is 47.1 Å². The van der Waals surface area contributed by atoms with Gasteiger partial charge in [0.1, 0.15) is 28.3 Å². The van der Waals surface area contributed by atoms with E-state index in [0.29, 0.717) is 40.2 Å². The number of amides is 2. The van der Waals surface area contributed by atoms with E-state index in [-0.39, 0.29) is 59.3 Å². The molecule has 13 heteroatoms. The summed E-state index contributed by atoms with van der Waals surface area (Å²) in [5.41, 5.74) is 5.49. The van der Waals surface area contributed by atoms with Crippen molar-refractivity contribution >= 4 is 45.9 Å². The zero-order chi connectivity index (χ0) is 32.6. The van der Waals surface area contributed by atoms with Crippen LogP contribution in [0.2, 0.25) is 10.0 Å². The second kappa shape index (κ2) is 12.7. The Bertz CT molecular complexity index is 1840. The summed E-state index contributed by atoms with van der Waals surface area (Å²) in [4.78, 5) is 34.6. The fourth-order valence-electron chi connectivity index (χ4n) is 5.25. The molecule has 0 unspecified atom stereocenters. The molecule has 9 nitrogen and oxygen atoms in total. The Hall–Kier alpha value is -4.06. The van der Waals surface area contributed by atoms with Gasteiger partial charge in [0, 0.05) is 22.1 Å². The van der Waals surface area contributed by atoms with E-state index in [2.05, 4.69) is 15.3 Å². The van der Waals surface area contributed by atoms with E-state index in [4.69, 9.17) is 38.4 Å². The predicted octanol–water partition coefficient (Wildman–Crippen LogP) is 5.65. The number of rotatable bonds is 11. The van der Waals surface area contributed by atoms with E-state index in [9.17, 15) is 23.5 Å². The molecule has 0 spiro atoms. The van der Waals surface area contributed by atoms with Crippen LogP contribution >= 0.6 is 23.2 Å². The Labute approximate surface area is 267 Å². The number of hydrogen-bond donors (Lipinski definition) is 3. The number of ether oxygens (including phenoxy) is 2. The quantitative estimate of drug-likeness (QED) is 0.177. The molecule has 2 amide bonds. The number of pyridine rings is 2. The van der Waals surface area contributed by atoms with Gasteiger partial charge in [-0.15, -0.1) is 0 Å². The van der Waals surface area contributed by atoms with Crippen molar-refractivity contribution in [2.75, 3.05) is 20.3 Å². The minimum absolute atomic E-state index is 0.0143. The maximum atomic E-state index is 14.6. The third-order valence-corrected chi connectivity index (χ3v) is 8.45. The molecule has 1 aliphatic carbocycles. The molecule has 0 bridgehead atoms. The second-order valence-corrected chi connectivity index (χ2v) is 11.6. The van der Waals surface area contributed by atoms with Gasteiger partial charge in [0.05, 0.1) is 48.1 Å². The zero-order valence-electron chi connectivity index (χ0n) is 24.6. The third-order valence-electron chi connectivity index (χ3n) is 7.70. The topological polar surface area (TPSA) is 137 Å². The van der Waals surface area contributed by atoms with Crippen LogP contribution in [-0.4, -0.2) is 47.2 Å². The van der Waals surface area contributed by atoms with E-state index in [1.807, 2.05) is 0 Å². The van der Waals surface area contributed by atoms with Crippen molar-refractivity contribution in [1.29, 1.82) is 0 Å². The molecule has 45 heavy (non-hydrogen) atoms. The molecule has 4 N–H and O–H groups in total. The van der Waals surface area contributed by atoms with Crippen molar-refractivity contribution in [1.82, 2.24) is 15.3 Å². The van der Waals surface area contributed by atoms with Crippen molar-refractivity contribution in [2.45, 2.75) is 38.7 Å². The Morgan fingerprint density at radius 1 is 1.16 bits per heavy atom. The van der Waals surface area contributed by atoms with Gasteiger partial charge in [0.2, 0.25) is 5.91 Å². The average Bonchev–Trinajstić information content (AvgIpc) is 3.86. The maximum absolute atomic E-state index is 14.6. The first-order valence-corrected chi connectivity index (χ1v) is 14.9. The monoisotopic (exact) mass is 658 g/mol. The van der Waals surface area contributed by atoms with Crippen LogP contribution in [0.15, 0.2) is 36.4 Å². The summed E-state index contributed by atoms with van der Waals surface area (Å²) in [6.45, 7) is 3.32. The standard InChI is InChI=1S/C32H30Cl2F2N4O5/c1-4-45-30-17(13-25(37)41)12-24(40-29(30)20-7-8-22(35)27(36)26(20)34)32(43,19-5-6-19)14-38-31(42)18-9-16-10-21(33)15(2)39-28(16)23(11-18)44-3/h7-12,19,43H,4-6,13-14H2,1-3H3,(H2,37,41)(H,38,42)/t32-/m1/s1. The van der Waals surface area contributed by atoms with Crippen LogP contribution in [-0.2, 0) is 16.8 Å². The minimum atomic E-state index is -1.73. The number of benzene rings is 2. The number of fused-ring (bicyclic) bond motifs is 1. The molecule has 5 rings (SSSR count). The van der Waals surface area contributed by atoms with Crippen LogP contribution in [0.5, 0.6) is 11.5 Å².